The molecule has 0 unspecified atom stereocenters. The quantitative estimate of drug-likeness (QED) is 0.622. The van der Waals surface area contributed by atoms with Gasteiger partial charge in [0, 0.05) is 23.7 Å². The maximum atomic E-state index is 13.0. The molecule has 0 aliphatic rings. The Morgan fingerprint density at radius 2 is 1.77 bits per heavy atom. The number of benzene rings is 1. The van der Waals surface area contributed by atoms with Crippen LogP contribution in [0.4, 0.5) is 24.5 Å². The van der Waals surface area contributed by atoms with Crippen molar-refractivity contribution in [2.45, 2.75) is 39.9 Å². The molecule has 1 amide bonds. The molecule has 0 spiro atoms. The number of carbonyl (C=O) groups excluding carboxylic acids is 1. The van der Waals surface area contributed by atoms with E-state index in [9.17, 15) is 28.1 Å². The Balaban J connectivity index is 3.48. The summed E-state index contributed by atoms with van der Waals surface area (Å²) in [5.74, 6) is -0.760. The first-order chi connectivity index (χ1) is 9.96. The van der Waals surface area contributed by atoms with E-state index in [2.05, 4.69) is 0 Å². The van der Waals surface area contributed by atoms with Gasteiger partial charge in [-0.1, -0.05) is 13.8 Å². The van der Waals surface area contributed by atoms with Gasteiger partial charge in [0.15, 0.2) is 0 Å². The van der Waals surface area contributed by atoms with Crippen LogP contribution in [0.3, 0.4) is 0 Å². The van der Waals surface area contributed by atoms with Gasteiger partial charge < -0.3 is 4.90 Å². The van der Waals surface area contributed by atoms with E-state index in [1.54, 1.807) is 27.7 Å². The maximum absolute atomic E-state index is 13.0. The smallest absolute Gasteiger partial charge is 0.310 e. The molecule has 0 aliphatic carbocycles. The number of anilines is 1. The predicted octanol–water partition coefficient (Wildman–Crippen LogP) is 4.01. The van der Waals surface area contributed by atoms with Crippen LogP contribution in [0.25, 0.3) is 0 Å². The van der Waals surface area contributed by atoms with Gasteiger partial charge in [-0.25, -0.2) is 0 Å². The molecule has 0 radical (unpaired) electrons. The number of carbonyl (C=O) groups is 1. The summed E-state index contributed by atoms with van der Waals surface area (Å²) in [4.78, 5) is 23.1. The molecular weight excluding hydrogens is 301 g/mol. The highest BCUT2D eigenvalue weighted by Crippen LogP contribution is 2.38. The van der Waals surface area contributed by atoms with Crippen molar-refractivity contribution < 1.29 is 22.9 Å². The van der Waals surface area contributed by atoms with Gasteiger partial charge in [0.05, 0.1) is 4.92 Å². The van der Waals surface area contributed by atoms with Crippen molar-refractivity contribution in [2.75, 3.05) is 4.90 Å². The SMILES string of the molecule is CC(C)C(=O)N(c1ccc([N+](=O)[O-])c(C(F)(F)F)c1)C(C)C. The van der Waals surface area contributed by atoms with Crippen LogP contribution in [0.5, 0.6) is 0 Å². The fraction of sp³-hybridized carbons (Fsp3) is 0.500. The van der Waals surface area contributed by atoms with Crippen LogP contribution in [0.2, 0.25) is 0 Å². The van der Waals surface area contributed by atoms with Gasteiger partial charge in [-0.05, 0) is 26.0 Å². The summed E-state index contributed by atoms with van der Waals surface area (Å²) >= 11 is 0. The second kappa shape index (κ2) is 6.33. The molecule has 0 saturated carbocycles. The van der Waals surface area contributed by atoms with Gasteiger partial charge in [0.25, 0.3) is 5.69 Å². The van der Waals surface area contributed by atoms with Crippen LogP contribution < -0.4 is 4.90 Å². The van der Waals surface area contributed by atoms with Crippen molar-refractivity contribution in [1.82, 2.24) is 0 Å². The molecule has 0 heterocycles. The molecule has 22 heavy (non-hydrogen) atoms. The Labute approximate surface area is 125 Å². The fourth-order valence-electron chi connectivity index (χ4n) is 2.02. The summed E-state index contributed by atoms with van der Waals surface area (Å²) in [5, 5.41) is 10.8. The molecule has 0 N–H and O–H groups in total. The second-order valence-corrected chi connectivity index (χ2v) is 5.41. The van der Waals surface area contributed by atoms with Gasteiger partial charge in [-0.15, -0.1) is 0 Å². The number of hydrogen-bond acceptors (Lipinski definition) is 3. The number of rotatable bonds is 4. The van der Waals surface area contributed by atoms with E-state index in [1.807, 2.05) is 0 Å². The zero-order chi connectivity index (χ0) is 17.2. The first-order valence-electron chi connectivity index (χ1n) is 6.65. The largest absolute Gasteiger partial charge is 0.423 e. The van der Waals surface area contributed by atoms with Crippen LogP contribution in [0.15, 0.2) is 18.2 Å². The van der Waals surface area contributed by atoms with Gasteiger partial charge in [-0.3, -0.25) is 14.9 Å². The molecule has 122 valence electrons. The monoisotopic (exact) mass is 318 g/mol. The normalized spacial score (nSPS) is 11.9. The summed E-state index contributed by atoms with van der Waals surface area (Å²) in [6.07, 6.45) is -4.87. The second-order valence-electron chi connectivity index (χ2n) is 5.41. The molecule has 0 aliphatic heterocycles. The summed E-state index contributed by atoms with van der Waals surface area (Å²) in [6, 6.07) is 2.21. The molecule has 1 aromatic carbocycles. The number of halogens is 3. The lowest BCUT2D eigenvalue weighted by Crippen LogP contribution is -2.39. The third-order valence-corrected chi connectivity index (χ3v) is 3.01. The van der Waals surface area contributed by atoms with Crippen molar-refractivity contribution in [2.24, 2.45) is 5.92 Å². The highest BCUT2D eigenvalue weighted by Gasteiger charge is 2.39. The third kappa shape index (κ3) is 3.75. The number of amides is 1. The average molecular weight is 318 g/mol. The van der Waals surface area contributed by atoms with E-state index in [-0.39, 0.29) is 17.6 Å². The molecule has 1 rings (SSSR count). The Morgan fingerprint density at radius 3 is 2.14 bits per heavy atom. The molecule has 1 aromatic rings. The minimum atomic E-state index is -4.87. The Morgan fingerprint density at radius 1 is 1.23 bits per heavy atom. The summed E-state index contributed by atoms with van der Waals surface area (Å²) in [5.41, 5.74) is -2.40. The zero-order valence-electron chi connectivity index (χ0n) is 12.6. The lowest BCUT2D eigenvalue weighted by Gasteiger charge is -2.29. The molecule has 5 nitrogen and oxygen atoms in total. The van der Waals surface area contributed by atoms with Gasteiger partial charge >= 0.3 is 6.18 Å². The van der Waals surface area contributed by atoms with Crippen LogP contribution in [-0.2, 0) is 11.0 Å². The number of nitro benzene ring substituents is 1. The highest BCUT2D eigenvalue weighted by atomic mass is 19.4. The number of alkyl halides is 3. The van der Waals surface area contributed by atoms with Crippen molar-refractivity contribution in [3.8, 4) is 0 Å². The zero-order valence-corrected chi connectivity index (χ0v) is 12.6. The van der Waals surface area contributed by atoms with Crippen molar-refractivity contribution in [3.05, 3.63) is 33.9 Å². The minimum absolute atomic E-state index is 0.00775. The van der Waals surface area contributed by atoms with Crippen LogP contribution >= 0.6 is 0 Å². The number of hydrogen-bond donors (Lipinski definition) is 0. The maximum Gasteiger partial charge on any atom is 0.423 e. The summed E-state index contributed by atoms with van der Waals surface area (Å²) in [7, 11) is 0. The molecule has 8 heteroatoms. The number of nitrogens with zero attached hydrogens (tertiary/aromatic N) is 2. The summed E-state index contributed by atoms with van der Waals surface area (Å²) < 4.78 is 39.0. The fourth-order valence-corrected chi connectivity index (χ4v) is 2.02. The molecule has 0 bridgehead atoms. The van der Waals surface area contributed by atoms with Crippen LogP contribution in [-0.4, -0.2) is 16.9 Å². The average Bonchev–Trinajstić information content (AvgIpc) is 2.36. The Bertz CT molecular complexity index is 583. The minimum Gasteiger partial charge on any atom is -0.310 e. The highest BCUT2D eigenvalue weighted by molar-refractivity contribution is 5.95. The molecule has 0 saturated heterocycles. The van der Waals surface area contributed by atoms with Crippen molar-refractivity contribution in [1.29, 1.82) is 0 Å². The Hall–Kier alpha value is -2.12. The van der Waals surface area contributed by atoms with E-state index in [0.29, 0.717) is 6.07 Å². The topological polar surface area (TPSA) is 63.5 Å². The van der Waals surface area contributed by atoms with E-state index in [0.717, 1.165) is 12.1 Å². The van der Waals surface area contributed by atoms with Gasteiger partial charge in [0.2, 0.25) is 5.91 Å². The van der Waals surface area contributed by atoms with E-state index >= 15 is 0 Å². The van der Waals surface area contributed by atoms with E-state index in [4.69, 9.17) is 0 Å². The summed E-state index contributed by atoms with van der Waals surface area (Å²) in [6.45, 7) is 6.59. The van der Waals surface area contributed by atoms with Gasteiger partial charge in [0.1, 0.15) is 5.56 Å². The Kier molecular flexibility index (Phi) is 5.16. The van der Waals surface area contributed by atoms with E-state index < -0.39 is 28.3 Å². The molecule has 0 fully saturated rings. The standard InChI is InChI=1S/C14H17F3N2O3/c1-8(2)13(20)18(9(3)4)10-5-6-12(19(21)22)11(7-10)14(15,16)17/h5-9H,1-4H3. The van der Waals surface area contributed by atoms with Crippen molar-refractivity contribution >= 4 is 17.3 Å². The first-order valence-corrected chi connectivity index (χ1v) is 6.65. The molecular formula is C14H17F3N2O3. The van der Waals surface area contributed by atoms with Crippen LogP contribution in [0.1, 0.15) is 33.3 Å². The van der Waals surface area contributed by atoms with Crippen molar-refractivity contribution in [3.63, 3.8) is 0 Å². The molecule has 0 aromatic heterocycles. The number of nitro groups is 1. The molecule has 0 atom stereocenters. The first kappa shape index (κ1) is 17.9. The predicted molar refractivity (Wildman–Crippen MR) is 75.6 cm³/mol. The van der Waals surface area contributed by atoms with Crippen LogP contribution in [0, 0.1) is 16.0 Å². The third-order valence-electron chi connectivity index (χ3n) is 3.01. The lowest BCUT2D eigenvalue weighted by atomic mass is 10.1. The van der Waals surface area contributed by atoms with Gasteiger partial charge in [-0.2, -0.15) is 13.2 Å². The van der Waals surface area contributed by atoms with E-state index in [1.165, 1.54) is 4.90 Å². The lowest BCUT2D eigenvalue weighted by molar-refractivity contribution is -0.388.